The Morgan fingerprint density at radius 3 is 1.33 bits per heavy atom. The molecule has 0 radical (unpaired) electrons. The van der Waals surface area contributed by atoms with Crippen LogP contribution >= 0.6 is 0 Å². The number of hydrogen-bond acceptors (Lipinski definition) is 13. The second-order valence-corrected chi connectivity index (χ2v) is 13.9. The van der Waals surface area contributed by atoms with Crippen LogP contribution in [-0.4, -0.2) is 41.8 Å². The van der Waals surface area contributed by atoms with E-state index in [4.69, 9.17) is 34.4 Å². The van der Waals surface area contributed by atoms with Gasteiger partial charge in [0.25, 0.3) is 0 Å². The number of anilines is 6. The molecule has 13 nitrogen and oxygen atoms in total. The van der Waals surface area contributed by atoms with Crippen molar-refractivity contribution in [1.82, 2.24) is 29.9 Å². The van der Waals surface area contributed by atoms with Crippen LogP contribution in [0.5, 0.6) is 11.5 Å². The summed E-state index contributed by atoms with van der Waals surface area (Å²) in [4.78, 5) is 52.9. The summed E-state index contributed by atoms with van der Waals surface area (Å²) in [5.74, 6) is 2.44. The quantitative estimate of drug-likeness (QED) is 0.0482. The van der Waals surface area contributed by atoms with Crippen molar-refractivity contribution in [2.75, 3.05) is 16.0 Å². The van der Waals surface area contributed by atoms with Crippen LogP contribution < -0.4 is 25.4 Å². The van der Waals surface area contributed by atoms with Crippen molar-refractivity contribution in [2.45, 2.75) is 33.1 Å². The largest absolute Gasteiger partial charge is 0.423 e. The zero-order chi connectivity index (χ0) is 41.8. The van der Waals surface area contributed by atoms with Crippen LogP contribution in [0.15, 0.2) is 158 Å². The fourth-order valence-electron chi connectivity index (χ4n) is 5.87. The van der Waals surface area contributed by atoms with E-state index >= 15 is 0 Å². The summed E-state index contributed by atoms with van der Waals surface area (Å²) in [5.41, 5.74) is 5.66. The molecule has 0 saturated carbocycles. The number of aromatic nitrogens is 6. The number of esters is 2. The molecule has 0 atom stereocenters. The highest BCUT2D eigenvalue weighted by molar-refractivity contribution is 5.89. The number of hydrogen-bond donors (Lipinski definition) is 3. The highest BCUT2D eigenvalue weighted by Crippen LogP contribution is 2.24. The number of carbonyl (C=O) groups is 2. The molecule has 0 unspecified atom stereocenters. The smallest absolute Gasteiger partial charge is 0.338 e. The summed E-state index contributed by atoms with van der Waals surface area (Å²) in [5, 5.41) is 9.82. The van der Waals surface area contributed by atoms with Gasteiger partial charge in [-0.3, -0.25) is 0 Å². The molecule has 0 aliphatic heterocycles. The fraction of sp³-hybridized carbons (Fsp3) is 0.106. The molecular weight excluding hydrogens is 755 g/mol. The monoisotopic (exact) mass is 795 g/mol. The lowest BCUT2D eigenvalue weighted by Crippen LogP contribution is -2.10. The van der Waals surface area contributed by atoms with Gasteiger partial charge in [-0.05, 0) is 79.1 Å². The standard InChI is InChI=1S/C47H41N9O4/c1-30(2)43(57)59-38-22-12-16-34(25-38)28-41-51-40(52-45(53-41)48-35-17-7-5-8-18-35)26-32-14-11-15-33(24-32)27-42-54-46(49-36-19-9-6-10-20-36)56-47(55-42)50-37-21-13-23-39(29-37)60-44(58)31(3)4/h5-25,29H,1,3,26-28H2,2,4H3,(H,48,51,52,53)(H2,49,50,54,55,56). The van der Waals surface area contributed by atoms with Crippen LogP contribution in [0.1, 0.15) is 48.0 Å². The molecule has 0 amide bonds. The molecule has 5 aromatic carbocycles. The molecule has 3 N–H and O–H groups in total. The molecule has 0 saturated heterocycles. The van der Waals surface area contributed by atoms with Gasteiger partial charge in [0.2, 0.25) is 17.8 Å². The Morgan fingerprint density at radius 1 is 0.450 bits per heavy atom. The van der Waals surface area contributed by atoms with Crippen LogP contribution in [0.4, 0.5) is 34.9 Å². The number of ether oxygens (including phenoxy) is 2. The van der Waals surface area contributed by atoms with Gasteiger partial charge in [-0.2, -0.15) is 24.9 Å². The number of nitrogens with one attached hydrogen (secondary N) is 3. The number of rotatable bonds is 16. The van der Waals surface area contributed by atoms with Gasteiger partial charge in [-0.15, -0.1) is 0 Å². The molecule has 0 aliphatic carbocycles. The molecule has 0 aliphatic rings. The van der Waals surface area contributed by atoms with E-state index in [-0.39, 0.29) is 0 Å². The van der Waals surface area contributed by atoms with Crippen LogP contribution in [0.25, 0.3) is 0 Å². The molecule has 13 heteroatoms. The van der Waals surface area contributed by atoms with Gasteiger partial charge in [0.15, 0.2) is 0 Å². The van der Waals surface area contributed by atoms with Crippen molar-refractivity contribution in [3.05, 3.63) is 192 Å². The van der Waals surface area contributed by atoms with Crippen LogP contribution in [0.3, 0.4) is 0 Å². The van der Waals surface area contributed by atoms with E-state index in [1.165, 1.54) is 0 Å². The fourth-order valence-corrected chi connectivity index (χ4v) is 5.87. The Morgan fingerprint density at radius 2 is 0.833 bits per heavy atom. The van der Waals surface area contributed by atoms with Gasteiger partial charge in [-0.25, -0.2) is 14.6 Å². The van der Waals surface area contributed by atoms with Crippen molar-refractivity contribution in [3.63, 3.8) is 0 Å². The Labute approximate surface area is 347 Å². The molecule has 0 bridgehead atoms. The van der Waals surface area contributed by atoms with Crippen LogP contribution in [0.2, 0.25) is 0 Å². The maximum absolute atomic E-state index is 12.2. The third-order valence-electron chi connectivity index (χ3n) is 8.65. The van der Waals surface area contributed by atoms with Crippen LogP contribution in [0, 0.1) is 0 Å². The number of nitrogens with zero attached hydrogens (tertiary/aromatic N) is 6. The summed E-state index contributed by atoms with van der Waals surface area (Å²) in [7, 11) is 0. The SMILES string of the molecule is C=C(C)C(=O)Oc1cccc(Cc2nc(Cc3cccc(Cc4nc(Nc5ccccc5)nc(Nc5cccc(OC(=O)C(=C)C)c5)n4)c3)nc(Nc3ccccc3)n2)c1. The highest BCUT2D eigenvalue weighted by atomic mass is 16.5. The molecule has 298 valence electrons. The summed E-state index contributed by atoms with van der Waals surface area (Å²) >= 11 is 0. The van der Waals surface area contributed by atoms with Crippen LogP contribution in [-0.2, 0) is 28.9 Å². The normalized spacial score (nSPS) is 10.6. The topological polar surface area (TPSA) is 166 Å². The maximum Gasteiger partial charge on any atom is 0.338 e. The van der Waals surface area contributed by atoms with Gasteiger partial charge in [-0.1, -0.05) is 92.0 Å². The summed E-state index contributed by atoms with van der Waals surface area (Å²) in [6.45, 7) is 10.5. The first-order chi connectivity index (χ1) is 29.1. The summed E-state index contributed by atoms with van der Waals surface area (Å²) in [6.07, 6.45) is 1.18. The van der Waals surface area contributed by atoms with E-state index in [0.717, 1.165) is 28.1 Å². The lowest BCUT2D eigenvalue weighted by molar-refractivity contribution is -0.130. The molecular formula is C47H41N9O4. The van der Waals surface area contributed by atoms with E-state index in [9.17, 15) is 9.59 Å². The van der Waals surface area contributed by atoms with E-state index in [1.807, 2.05) is 97.1 Å². The van der Waals surface area contributed by atoms with Gasteiger partial charge >= 0.3 is 11.9 Å². The molecule has 7 rings (SSSR count). The first kappa shape index (κ1) is 40.1. The molecule has 2 heterocycles. The molecule has 2 aromatic heterocycles. The Bertz CT molecular complexity index is 2490. The van der Waals surface area contributed by atoms with Crippen molar-refractivity contribution < 1.29 is 19.1 Å². The zero-order valence-corrected chi connectivity index (χ0v) is 33.1. The molecule has 0 fully saturated rings. The molecule has 0 spiro atoms. The minimum absolute atomic E-state index is 0.294. The van der Waals surface area contributed by atoms with E-state index in [0.29, 0.717) is 82.9 Å². The summed E-state index contributed by atoms with van der Waals surface area (Å²) in [6, 6.07) is 41.6. The minimum atomic E-state index is -0.516. The lowest BCUT2D eigenvalue weighted by atomic mass is 10.1. The minimum Gasteiger partial charge on any atom is -0.423 e. The summed E-state index contributed by atoms with van der Waals surface area (Å²) < 4.78 is 10.9. The van der Waals surface area contributed by atoms with Gasteiger partial charge < -0.3 is 25.4 Å². The van der Waals surface area contributed by atoms with Crippen molar-refractivity contribution in [2.24, 2.45) is 0 Å². The number of carbonyl (C=O) groups excluding carboxylic acids is 2. The Balaban J connectivity index is 1.14. The van der Waals surface area contributed by atoms with Gasteiger partial charge in [0, 0.05) is 53.5 Å². The average Bonchev–Trinajstić information content (AvgIpc) is 3.22. The van der Waals surface area contributed by atoms with E-state index in [2.05, 4.69) is 40.2 Å². The molecule has 7 aromatic rings. The lowest BCUT2D eigenvalue weighted by Gasteiger charge is -2.12. The Hall–Kier alpha value is -8.06. The highest BCUT2D eigenvalue weighted by Gasteiger charge is 2.14. The third-order valence-corrected chi connectivity index (χ3v) is 8.65. The van der Waals surface area contributed by atoms with E-state index in [1.54, 1.807) is 44.2 Å². The average molecular weight is 796 g/mol. The van der Waals surface area contributed by atoms with Gasteiger partial charge in [0.05, 0.1) is 0 Å². The second kappa shape index (κ2) is 18.9. The number of para-hydroxylation sites is 2. The van der Waals surface area contributed by atoms with E-state index < -0.39 is 11.9 Å². The zero-order valence-electron chi connectivity index (χ0n) is 33.1. The van der Waals surface area contributed by atoms with Crippen molar-refractivity contribution in [3.8, 4) is 11.5 Å². The predicted octanol–water partition coefficient (Wildman–Crippen LogP) is 9.02. The van der Waals surface area contributed by atoms with Crippen molar-refractivity contribution in [1.29, 1.82) is 0 Å². The number of benzene rings is 5. The molecule has 60 heavy (non-hydrogen) atoms. The third kappa shape index (κ3) is 11.5. The Kier molecular flexibility index (Phi) is 12.7. The second-order valence-electron chi connectivity index (χ2n) is 13.9. The first-order valence-corrected chi connectivity index (χ1v) is 19.0. The maximum atomic E-state index is 12.2. The van der Waals surface area contributed by atoms with Crippen molar-refractivity contribution >= 4 is 46.8 Å². The first-order valence-electron chi connectivity index (χ1n) is 19.0. The van der Waals surface area contributed by atoms with Gasteiger partial charge in [0.1, 0.15) is 29.0 Å². The predicted molar refractivity (Wildman–Crippen MR) is 231 cm³/mol.